The van der Waals surface area contributed by atoms with Gasteiger partial charge >= 0.3 is 0 Å². The summed E-state index contributed by atoms with van der Waals surface area (Å²) in [5, 5.41) is 1.18. The van der Waals surface area contributed by atoms with E-state index < -0.39 is 0 Å². The molecule has 3 heteroatoms. The van der Waals surface area contributed by atoms with Crippen LogP contribution >= 0.6 is 0 Å². The van der Waals surface area contributed by atoms with Gasteiger partial charge in [-0.2, -0.15) is 0 Å². The van der Waals surface area contributed by atoms with Crippen LogP contribution in [0.15, 0.2) is 24.4 Å². The predicted molar refractivity (Wildman–Crippen MR) is 87.0 cm³/mol. The largest absolute Gasteiger partial charge is 0.497 e. The average molecular weight is 287 g/mol. The van der Waals surface area contributed by atoms with E-state index in [0.29, 0.717) is 12.3 Å². The molecular weight excluding hydrogens is 262 g/mol. The second-order valence-electron chi connectivity index (χ2n) is 5.75. The van der Waals surface area contributed by atoms with Gasteiger partial charge in [0.15, 0.2) is 0 Å². The first-order chi connectivity index (χ1) is 10.2. The summed E-state index contributed by atoms with van der Waals surface area (Å²) in [7, 11) is 1.68. The third-order valence-electron chi connectivity index (χ3n) is 4.05. The second kappa shape index (κ2) is 7.30. The highest BCUT2D eigenvalue weighted by Crippen LogP contribution is 2.33. The zero-order valence-corrected chi connectivity index (χ0v) is 13.2. The molecule has 1 heterocycles. The molecule has 0 amide bonds. The third kappa shape index (κ3) is 3.87. The maximum absolute atomic E-state index is 11.6. The standard InChI is InChI=1S/C18H25NO2/c1-4-5-6-7-14(10-13(2)20)17-12-19-18-9-8-15(21-3)11-16(17)18/h8-9,11-12,14,19H,4-7,10H2,1-3H3. The lowest BCUT2D eigenvalue weighted by Gasteiger charge is -2.15. The van der Waals surface area contributed by atoms with Gasteiger partial charge in [0.1, 0.15) is 11.5 Å². The molecule has 1 unspecified atom stereocenters. The number of hydrogen-bond donors (Lipinski definition) is 1. The number of fused-ring (bicyclic) bond motifs is 1. The van der Waals surface area contributed by atoms with Gasteiger partial charge in [0.05, 0.1) is 7.11 Å². The number of H-pyrrole nitrogens is 1. The van der Waals surface area contributed by atoms with Gasteiger partial charge in [-0.25, -0.2) is 0 Å². The second-order valence-corrected chi connectivity index (χ2v) is 5.75. The molecule has 3 nitrogen and oxygen atoms in total. The number of ketones is 1. The van der Waals surface area contributed by atoms with Crippen molar-refractivity contribution >= 4 is 16.7 Å². The molecule has 1 atom stereocenters. The molecule has 0 radical (unpaired) electrons. The summed E-state index contributed by atoms with van der Waals surface area (Å²) in [5.41, 5.74) is 2.35. The van der Waals surface area contributed by atoms with Gasteiger partial charge in [0.25, 0.3) is 0 Å². The van der Waals surface area contributed by atoms with Gasteiger partial charge in [-0.3, -0.25) is 0 Å². The number of carbonyl (C=O) groups excluding carboxylic acids is 1. The summed E-state index contributed by atoms with van der Waals surface area (Å²) >= 11 is 0. The van der Waals surface area contributed by atoms with Gasteiger partial charge < -0.3 is 14.5 Å². The Morgan fingerprint density at radius 3 is 2.81 bits per heavy atom. The molecule has 0 saturated carbocycles. The van der Waals surface area contributed by atoms with Gasteiger partial charge in [0, 0.05) is 23.5 Å². The van der Waals surface area contributed by atoms with Gasteiger partial charge in [-0.05, 0) is 43.0 Å². The van der Waals surface area contributed by atoms with E-state index in [2.05, 4.69) is 24.2 Å². The highest BCUT2D eigenvalue weighted by molar-refractivity contribution is 5.86. The molecule has 2 rings (SSSR count). The molecule has 0 aliphatic carbocycles. The molecule has 0 bridgehead atoms. The van der Waals surface area contributed by atoms with Crippen LogP contribution in [0.1, 0.15) is 57.4 Å². The van der Waals surface area contributed by atoms with Crippen molar-refractivity contribution in [3.05, 3.63) is 30.0 Å². The van der Waals surface area contributed by atoms with Gasteiger partial charge in [-0.15, -0.1) is 0 Å². The quantitative estimate of drug-likeness (QED) is 0.707. The Bertz CT molecular complexity index is 600. The van der Waals surface area contributed by atoms with E-state index in [9.17, 15) is 4.79 Å². The molecule has 0 saturated heterocycles. The fourth-order valence-corrected chi connectivity index (χ4v) is 2.94. The zero-order chi connectivity index (χ0) is 15.2. The van der Waals surface area contributed by atoms with Crippen LogP contribution in [0.4, 0.5) is 0 Å². The number of aromatic amines is 1. The first-order valence-electron chi connectivity index (χ1n) is 7.80. The van der Waals surface area contributed by atoms with Crippen molar-refractivity contribution in [2.24, 2.45) is 0 Å². The number of methoxy groups -OCH3 is 1. The highest BCUT2D eigenvalue weighted by atomic mass is 16.5. The van der Waals surface area contributed by atoms with Crippen LogP contribution in [0.3, 0.4) is 0 Å². The molecule has 0 spiro atoms. The molecule has 0 aliphatic rings. The number of unbranched alkanes of at least 4 members (excludes halogenated alkanes) is 2. The van der Waals surface area contributed by atoms with Crippen molar-refractivity contribution in [3.8, 4) is 5.75 Å². The van der Waals surface area contributed by atoms with Crippen molar-refractivity contribution in [3.63, 3.8) is 0 Å². The smallest absolute Gasteiger partial charge is 0.130 e. The molecule has 0 aliphatic heterocycles. The molecule has 1 aromatic carbocycles. The minimum Gasteiger partial charge on any atom is -0.497 e. The molecular formula is C18H25NO2. The monoisotopic (exact) mass is 287 g/mol. The van der Waals surface area contributed by atoms with Crippen molar-refractivity contribution in [2.45, 2.75) is 51.9 Å². The third-order valence-corrected chi connectivity index (χ3v) is 4.05. The Hall–Kier alpha value is -1.77. The number of benzene rings is 1. The minimum atomic E-state index is 0.258. The lowest BCUT2D eigenvalue weighted by atomic mass is 9.89. The molecule has 2 aromatic rings. The van der Waals surface area contributed by atoms with Crippen molar-refractivity contribution in [2.75, 3.05) is 7.11 Å². The summed E-state index contributed by atoms with van der Waals surface area (Å²) in [4.78, 5) is 14.9. The van der Waals surface area contributed by atoms with Crippen LogP contribution in [0.25, 0.3) is 10.9 Å². The van der Waals surface area contributed by atoms with Crippen LogP contribution in [-0.2, 0) is 4.79 Å². The summed E-state index contributed by atoms with van der Waals surface area (Å²) < 4.78 is 5.33. The first kappa shape index (κ1) is 15.6. The minimum absolute atomic E-state index is 0.258. The van der Waals surface area contributed by atoms with Crippen molar-refractivity contribution < 1.29 is 9.53 Å². The Morgan fingerprint density at radius 2 is 2.14 bits per heavy atom. The molecule has 114 valence electrons. The van der Waals surface area contributed by atoms with E-state index >= 15 is 0 Å². The fourth-order valence-electron chi connectivity index (χ4n) is 2.94. The zero-order valence-electron chi connectivity index (χ0n) is 13.2. The number of aromatic nitrogens is 1. The number of rotatable bonds is 8. The summed E-state index contributed by atoms with van der Waals surface area (Å²) in [6.45, 7) is 3.89. The van der Waals surface area contributed by atoms with Crippen LogP contribution in [0.2, 0.25) is 0 Å². The molecule has 1 N–H and O–H groups in total. The van der Waals surface area contributed by atoms with E-state index in [1.807, 2.05) is 12.1 Å². The fraction of sp³-hybridized carbons (Fsp3) is 0.500. The van der Waals surface area contributed by atoms with Crippen molar-refractivity contribution in [1.82, 2.24) is 4.98 Å². The van der Waals surface area contributed by atoms with E-state index in [1.165, 1.54) is 30.2 Å². The highest BCUT2D eigenvalue weighted by Gasteiger charge is 2.18. The SMILES string of the molecule is CCCCCC(CC(C)=O)c1c[nH]c2ccc(OC)cc12. The lowest BCUT2D eigenvalue weighted by Crippen LogP contribution is -2.04. The predicted octanol–water partition coefficient (Wildman–Crippen LogP) is 4.82. The maximum atomic E-state index is 11.6. The number of Topliss-reactive ketones (excluding diaryl/α,β-unsaturated/α-hetero) is 1. The summed E-state index contributed by atoms with van der Waals surface area (Å²) in [5.74, 6) is 1.42. The Morgan fingerprint density at radius 1 is 1.33 bits per heavy atom. The lowest BCUT2D eigenvalue weighted by molar-refractivity contribution is -0.117. The summed E-state index contributed by atoms with van der Waals surface area (Å²) in [6.07, 6.45) is 7.34. The number of hydrogen-bond acceptors (Lipinski definition) is 2. The Labute approximate surface area is 126 Å². The van der Waals surface area contributed by atoms with Gasteiger partial charge in [0.2, 0.25) is 0 Å². The molecule has 0 fully saturated rings. The molecule has 21 heavy (non-hydrogen) atoms. The molecule has 1 aromatic heterocycles. The topological polar surface area (TPSA) is 42.1 Å². The van der Waals surface area contributed by atoms with Crippen LogP contribution in [-0.4, -0.2) is 17.9 Å². The summed E-state index contributed by atoms with van der Waals surface area (Å²) in [6, 6.07) is 6.06. The van der Waals surface area contributed by atoms with Gasteiger partial charge in [-0.1, -0.05) is 26.2 Å². The first-order valence-corrected chi connectivity index (χ1v) is 7.80. The number of ether oxygens (including phenoxy) is 1. The van der Waals surface area contributed by atoms with Crippen LogP contribution in [0, 0.1) is 0 Å². The average Bonchev–Trinajstić information content (AvgIpc) is 2.88. The van der Waals surface area contributed by atoms with E-state index in [0.717, 1.165) is 17.7 Å². The van der Waals surface area contributed by atoms with Crippen molar-refractivity contribution in [1.29, 1.82) is 0 Å². The maximum Gasteiger partial charge on any atom is 0.130 e. The Balaban J connectivity index is 2.31. The number of nitrogens with one attached hydrogen (secondary N) is 1. The van der Waals surface area contributed by atoms with E-state index in [4.69, 9.17) is 4.74 Å². The van der Waals surface area contributed by atoms with E-state index in [1.54, 1.807) is 14.0 Å². The normalized spacial score (nSPS) is 12.5. The van der Waals surface area contributed by atoms with Crippen LogP contribution in [0.5, 0.6) is 5.75 Å². The van der Waals surface area contributed by atoms with Crippen LogP contribution < -0.4 is 4.74 Å². The Kier molecular flexibility index (Phi) is 5.43. The number of carbonyl (C=O) groups is 1. The van der Waals surface area contributed by atoms with E-state index in [-0.39, 0.29) is 5.78 Å².